The zero-order valence-electron chi connectivity index (χ0n) is 15.0. The molecular formula is C22H16F3N2S. The molecule has 0 bridgehead atoms. The molecule has 0 amide bonds. The van der Waals surface area contributed by atoms with Gasteiger partial charge in [-0.25, -0.2) is 4.68 Å². The highest BCUT2D eigenvalue weighted by Gasteiger charge is 2.30. The number of thioether (sulfide) groups is 1. The number of hydrogen-bond donors (Lipinski definition) is 0. The average Bonchev–Trinajstić information content (AvgIpc) is 3.11. The highest BCUT2D eigenvalue weighted by molar-refractivity contribution is 7.98. The average molecular weight is 397 g/mol. The largest absolute Gasteiger partial charge is 0.416 e. The summed E-state index contributed by atoms with van der Waals surface area (Å²) < 4.78 is 40.2. The molecule has 141 valence electrons. The molecule has 0 aliphatic carbocycles. The lowest BCUT2D eigenvalue weighted by atomic mass is 10.1. The Labute approximate surface area is 165 Å². The smallest absolute Gasteiger partial charge is 0.233 e. The van der Waals surface area contributed by atoms with Crippen LogP contribution in [0.4, 0.5) is 13.2 Å². The van der Waals surface area contributed by atoms with Crippen LogP contribution >= 0.6 is 11.8 Å². The molecule has 1 aromatic heterocycles. The molecule has 28 heavy (non-hydrogen) atoms. The van der Waals surface area contributed by atoms with Crippen LogP contribution in [0, 0.1) is 13.0 Å². The summed E-state index contributed by atoms with van der Waals surface area (Å²) >= 11 is 1.67. The molecule has 0 aliphatic rings. The van der Waals surface area contributed by atoms with Crippen molar-refractivity contribution in [2.24, 2.45) is 0 Å². The van der Waals surface area contributed by atoms with Gasteiger partial charge in [-0.3, -0.25) is 0 Å². The number of fused-ring (bicyclic) bond motifs is 1. The van der Waals surface area contributed by atoms with Gasteiger partial charge in [0.25, 0.3) is 0 Å². The first-order chi connectivity index (χ1) is 13.4. The van der Waals surface area contributed by atoms with E-state index in [1.807, 2.05) is 43.3 Å². The summed E-state index contributed by atoms with van der Waals surface area (Å²) in [6.07, 6.45) is -2.61. The molecule has 3 aromatic carbocycles. The number of hydrogen-bond acceptors (Lipinski definition) is 2. The maximum atomic E-state index is 12.8. The second kappa shape index (κ2) is 7.36. The minimum absolute atomic E-state index is 0.600. The molecule has 0 aliphatic heterocycles. The van der Waals surface area contributed by atoms with Gasteiger partial charge in [0.1, 0.15) is 0 Å². The van der Waals surface area contributed by atoms with E-state index in [0.717, 1.165) is 39.1 Å². The zero-order valence-corrected chi connectivity index (χ0v) is 15.8. The monoisotopic (exact) mass is 397 g/mol. The number of aromatic nitrogens is 2. The van der Waals surface area contributed by atoms with Crippen molar-refractivity contribution in [1.29, 1.82) is 0 Å². The van der Waals surface area contributed by atoms with Crippen LogP contribution in [0.2, 0.25) is 0 Å². The first kappa shape index (κ1) is 18.6. The fourth-order valence-electron chi connectivity index (χ4n) is 3.05. The van der Waals surface area contributed by atoms with Crippen molar-refractivity contribution in [2.75, 3.05) is 0 Å². The van der Waals surface area contributed by atoms with Gasteiger partial charge in [0, 0.05) is 16.0 Å². The van der Waals surface area contributed by atoms with Crippen molar-refractivity contribution in [3.05, 3.63) is 89.6 Å². The number of alkyl halides is 3. The number of aryl methyl sites for hydroxylation is 1. The van der Waals surface area contributed by atoms with Crippen LogP contribution in [0.1, 0.15) is 16.7 Å². The van der Waals surface area contributed by atoms with Crippen LogP contribution in [0.3, 0.4) is 0 Å². The number of nitrogens with zero attached hydrogens (tertiary/aromatic N) is 2. The van der Waals surface area contributed by atoms with Crippen LogP contribution in [-0.4, -0.2) is 9.78 Å². The molecule has 0 spiro atoms. The zero-order chi connectivity index (χ0) is 19.7. The van der Waals surface area contributed by atoms with Gasteiger partial charge < -0.3 is 0 Å². The van der Waals surface area contributed by atoms with E-state index >= 15 is 0 Å². The maximum absolute atomic E-state index is 12.8. The Hall–Kier alpha value is -2.73. The fraction of sp³-hybridized carbons (Fsp3) is 0.136. The van der Waals surface area contributed by atoms with Crippen molar-refractivity contribution < 1.29 is 13.2 Å². The first-order valence-electron chi connectivity index (χ1n) is 8.67. The predicted molar refractivity (Wildman–Crippen MR) is 106 cm³/mol. The number of benzene rings is 3. The lowest BCUT2D eigenvalue weighted by Crippen LogP contribution is -2.05. The molecule has 0 saturated heterocycles. The van der Waals surface area contributed by atoms with Gasteiger partial charge in [0.2, 0.25) is 0 Å². The predicted octanol–water partition coefficient (Wildman–Crippen LogP) is 6.45. The lowest BCUT2D eigenvalue weighted by molar-refractivity contribution is -0.137. The Morgan fingerprint density at radius 1 is 1.00 bits per heavy atom. The van der Waals surface area contributed by atoms with Gasteiger partial charge >= 0.3 is 6.18 Å². The highest BCUT2D eigenvalue weighted by atomic mass is 32.2. The molecule has 6 heteroatoms. The van der Waals surface area contributed by atoms with Gasteiger partial charge in [-0.1, -0.05) is 30.3 Å². The van der Waals surface area contributed by atoms with Crippen molar-refractivity contribution in [1.82, 2.24) is 9.78 Å². The van der Waals surface area contributed by atoms with Gasteiger partial charge in [-0.15, -0.1) is 11.8 Å². The Morgan fingerprint density at radius 3 is 2.46 bits per heavy atom. The topological polar surface area (TPSA) is 17.8 Å². The van der Waals surface area contributed by atoms with Gasteiger partial charge in [0.15, 0.2) is 0 Å². The summed E-state index contributed by atoms with van der Waals surface area (Å²) in [7, 11) is 0. The molecule has 4 aromatic rings. The van der Waals surface area contributed by atoms with Crippen LogP contribution in [-0.2, 0) is 11.9 Å². The van der Waals surface area contributed by atoms with Crippen molar-refractivity contribution in [2.45, 2.75) is 23.7 Å². The van der Waals surface area contributed by atoms with Crippen molar-refractivity contribution in [3.8, 4) is 5.69 Å². The van der Waals surface area contributed by atoms with E-state index in [4.69, 9.17) is 0 Å². The molecule has 0 N–H and O–H groups in total. The highest BCUT2D eigenvalue weighted by Crippen LogP contribution is 2.31. The Bertz CT molecular complexity index is 1110. The lowest BCUT2D eigenvalue weighted by Gasteiger charge is -2.11. The van der Waals surface area contributed by atoms with Crippen LogP contribution in [0.25, 0.3) is 16.6 Å². The van der Waals surface area contributed by atoms with E-state index in [1.165, 1.54) is 12.1 Å². The summed E-state index contributed by atoms with van der Waals surface area (Å²) in [6.45, 7) is 2.00. The Morgan fingerprint density at radius 2 is 1.75 bits per heavy atom. The number of rotatable bonds is 4. The van der Waals surface area contributed by atoms with E-state index in [0.29, 0.717) is 11.4 Å². The van der Waals surface area contributed by atoms with Crippen LogP contribution in [0.5, 0.6) is 0 Å². The van der Waals surface area contributed by atoms with Crippen molar-refractivity contribution in [3.63, 3.8) is 0 Å². The standard InChI is InChI=1S/C22H16F3N2S/c1-15-4-2-7-20(12-15)28-14-17-6-3-5-16-13-26-27(21(16)17)19-10-8-18(9-11-19)22(23,24)25/h2-11,13H,14H2,1H3. The molecular weight excluding hydrogens is 381 g/mol. The van der Waals surface area contributed by atoms with Gasteiger partial charge in [-0.05, 0) is 54.4 Å². The molecule has 0 fully saturated rings. The summed E-state index contributed by atoms with van der Waals surface area (Å²) in [5.74, 6) is 0.712. The molecule has 4 rings (SSSR count). The molecule has 2 nitrogen and oxygen atoms in total. The quantitative estimate of drug-likeness (QED) is 0.369. The molecule has 1 heterocycles. The third-order valence-corrected chi connectivity index (χ3v) is 5.42. The second-order valence-electron chi connectivity index (χ2n) is 6.44. The summed E-state index contributed by atoms with van der Waals surface area (Å²) in [5.41, 5.74) is 2.98. The van der Waals surface area contributed by atoms with E-state index in [-0.39, 0.29) is 0 Å². The van der Waals surface area contributed by atoms with E-state index in [9.17, 15) is 13.2 Å². The molecule has 0 unspecified atom stereocenters. The van der Waals surface area contributed by atoms with Crippen LogP contribution < -0.4 is 0 Å². The Balaban J connectivity index is 1.69. The van der Waals surface area contributed by atoms with E-state index in [2.05, 4.69) is 11.2 Å². The minimum Gasteiger partial charge on any atom is -0.233 e. The third kappa shape index (κ3) is 3.78. The first-order valence-corrected chi connectivity index (χ1v) is 9.65. The minimum atomic E-state index is -4.35. The maximum Gasteiger partial charge on any atom is 0.416 e. The summed E-state index contributed by atoms with van der Waals surface area (Å²) in [5, 5.41) is 5.36. The fourth-order valence-corrected chi connectivity index (χ4v) is 4.00. The third-order valence-electron chi connectivity index (χ3n) is 4.41. The van der Waals surface area contributed by atoms with Crippen molar-refractivity contribution >= 4 is 22.7 Å². The Kier molecular flexibility index (Phi) is 4.89. The molecule has 0 saturated carbocycles. The van der Waals surface area contributed by atoms with Gasteiger partial charge in [-0.2, -0.15) is 18.3 Å². The number of para-hydroxylation sites is 1. The van der Waals surface area contributed by atoms with E-state index < -0.39 is 11.7 Å². The molecule has 1 radical (unpaired) electrons. The normalized spacial score (nSPS) is 11.9. The van der Waals surface area contributed by atoms with Gasteiger partial charge in [0.05, 0.1) is 23.0 Å². The summed E-state index contributed by atoms with van der Waals surface area (Å²) in [6, 6.07) is 20.4. The second-order valence-corrected chi connectivity index (χ2v) is 7.46. The van der Waals surface area contributed by atoms with Crippen LogP contribution in [0.15, 0.2) is 71.8 Å². The number of halogens is 3. The summed E-state index contributed by atoms with van der Waals surface area (Å²) in [4.78, 5) is 1.05. The van der Waals surface area contributed by atoms with E-state index in [1.54, 1.807) is 22.6 Å². The molecule has 0 atom stereocenters. The SMILES string of the molecule is Cc1[c]c(SCc2cccc3cnn(-c4ccc(C(F)(F)F)cc4)c23)ccc1.